The number of nitrogens with zero attached hydrogens (tertiary/aromatic N) is 1. The number of carbonyl (C=O) groups excluding carboxylic acids is 2. The first-order valence-electron chi connectivity index (χ1n) is 6.80. The molecule has 0 unspecified atom stereocenters. The second kappa shape index (κ2) is 6.51. The maximum atomic E-state index is 12.8. The van der Waals surface area contributed by atoms with E-state index >= 15 is 0 Å². The van der Waals surface area contributed by atoms with Crippen LogP contribution in [0.2, 0.25) is 5.02 Å². The van der Waals surface area contributed by atoms with E-state index in [0.29, 0.717) is 26.7 Å². The average Bonchev–Trinajstić information content (AvgIpc) is 2.93. The predicted octanol–water partition coefficient (Wildman–Crippen LogP) is 3.84. The number of hydrogen-bond acceptors (Lipinski definition) is 4. The molecule has 2 heterocycles. The van der Waals surface area contributed by atoms with Crippen molar-refractivity contribution in [2.24, 2.45) is 0 Å². The summed E-state index contributed by atoms with van der Waals surface area (Å²) in [5.74, 6) is -0.744. The van der Waals surface area contributed by atoms with Crippen LogP contribution in [0.3, 0.4) is 0 Å². The summed E-state index contributed by atoms with van der Waals surface area (Å²) < 4.78 is 5.83. The van der Waals surface area contributed by atoms with Crippen LogP contribution in [0.15, 0.2) is 45.0 Å². The Balaban J connectivity index is 2.06. The molecule has 0 aliphatic carbocycles. The van der Waals surface area contributed by atoms with Gasteiger partial charge in [0.2, 0.25) is 0 Å². The van der Waals surface area contributed by atoms with Gasteiger partial charge in [0, 0.05) is 5.02 Å². The maximum Gasteiger partial charge on any atom is 0.270 e. The molecule has 1 aliphatic rings. The van der Waals surface area contributed by atoms with Crippen LogP contribution in [0, 0.1) is 6.92 Å². The highest BCUT2D eigenvalue weighted by atomic mass is 79.9. The largest absolute Gasteiger partial charge is 0.450 e. The molecule has 0 spiro atoms. The van der Waals surface area contributed by atoms with Gasteiger partial charge < -0.3 is 4.42 Å². The van der Waals surface area contributed by atoms with Crippen LogP contribution < -0.4 is 10.2 Å². The SMILES string of the molecule is Cc1c(Cl)cccc1N1C(=O)/C(=C/c2ccc(Br)o2)C(=O)NC1=S. The summed E-state index contributed by atoms with van der Waals surface area (Å²) in [4.78, 5) is 26.2. The molecule has 24 heavy (non-hydrogen) atoms. The fourth-order valence-corrected chi connectivity index (χ4v) is 3.03. The number of anilines is 1. The Morgan fingerprint density at radius 3 is 2.71 bits per heavy atom. The highest BCUT2D eigenvalue weighted by Gasteiger charge is 2.35. The molecule has 2 aromatic rings. The minimum absolute atomic E-state index is 0.00754. The third kappa shape index (κ3) is 3.02. The molecule has 122 valence electrons. The smallest absolute Gasteiger partial charge is 0.270 e. The van der Waals surface area contributed by atoms with Gasteiger partial charge in [-0.15, -0.1) is 0 Å². The third-order valence-corrected chi connectivity index (χ3v) is 4.58. The molecular formula is C16H10BrClN2O3S. The van der Waals surface area contributed by atoms with Gasteiger partial charge in [-0.05, 0) is 71.0 Å². The summed E-state index contributed by atoms with van der Waals surface area (Å²) in [6.45, 7) is 1.77. The lowest BCUT2D eigenvalue weighted by Crippen LogP contribution is -2.54. The molecule has 2 amide bonds. The van der Waals surface area contributed by atoms with Crippen molar-refractivity contribution in [3.63, 3.8) is 0 Å². The van der Waals surface area contributed by atoms with Crippen molar-refractivity contribution in [3.05, 3.63) is 56.9 Å². The molecule has 0 saturated carbocycles. The summed E-state index contributed by atoms with van der Waals surface area (Å²) in [6.07, 6.45) is 1.37. The van der Waals surface area contributed by atoms with E-state index in [1.165, 1.54) is 11.0 Å². The van der Waals surface area contributed by atoms with Crippen LogP contribution in [0.4, 0.5) is 5.69 Å². The molecule has 1 aliphatic heterocycles. The normalized spacial score (nSPS) is 16.7. The van der Waals surface area contributed by atoms with Gasteiger partial charge in [0.15, 0.2) is 9.78 Å². The first kappa shape index (κ1) is 16.9. The van der Waals surface area contributed by atoms with Crippen molar-refractivity contribution >= 4 is 68.4 Å². The summed E-state index contributed by atoms with van der Waals surface area (Å²) >= 11 is 14.5. The van der Waals surface area contributed by atoms with Crippen molar-refractivity contribution in [1.82, 2.24) is 5.32 Å². The summed E-state index contributed by atoms with van der Waals surface area (Å²) in [5, 5.41) is 3.02. The van der Waals surface area contributed by atoms with Crippen molar-refractivity contribution in [3.8, 4) is 0 Å². The Kier molecular flexibility index (Phi) is 4.58. The zero-order valence-corrected chi connectivity index (χ0v) is 15.5. The molecule has 1 N–H and O–H groups in total. The first-order chi connectivity index (χ1) is 11.4. The lowest BCUT2D eigenvalue weighted by Gasteiger charge is -2.30. The van der Waals surface area contributed by atoms with E-state index < -0.39 is 11.8 Å². The van der Waals surface area contributed by atoms with Crippen LogP contribution in [0.5, 0.6) is 0 Å². The molecule has 1 aromatic carbocycles. The zero-order valence-electron chi connectivity index (χ0n) is 12.3. The molecule has 5 nitrogen and oxygen atoms in total. The predicted molar refractivity (Wildman–Crippen MR) is 98.8 cm³/mol. The Hall–Kier alpha value is -1.96. The number of amides is 2. The van der Waals surface area contributed by atoms with Crippen LogP contribution in [0.1, 0.15) is 11.3 Å². The quantitative estimate of drug-likeness (QED) is 0.451. The van der Waals surface area contributed by atoms with E-state index in [-0.39, 0.29) is 10.7 Å². The Morgan fingerprint density at radius 2 is 2.04 bits per heavy atom. The van der Waals surface area contributed by atoms with Crippen LogP contribution in [0.25, 0.3) is 6.08 Å². The number of nitrogens with one attached hydrogen (secondary N) is 1. The minimum Gasteiger partial charge on any atom is -0.450 e. The average molecular weight is 426 g/mol. The third-order valence-electron chi connectivity index (χ3n) is 3.46. The molecule has 0 atom stereocenters. The fraction of sp³-hybridized carbons (Fsp3) is 0.0625. The van der Waals surface area contributed by atoms with Gasteiger partial charge in [0.1, 0.15) is 11.3 Å². The van der Waals surface area contributed by atoms with Gasteiger partial charge in [-0.1, -0.05) is 17.7 Å². The number of benzene rings is 1. The van der Waals surface area contributed by atoms with Crippen molar-refractivity contribution in [2.75, 3.05) is 4.90 Å². The summed E-state index contributed by atoms with van der Waals surface area (Å²) in [5.41, 5.74) is 1.12. The maximum absolute atomic E-state index is 12.8. The number of carbonyl (C=O) groups is 2. The van der Waals surface area contributed by atoms with E-state index in [9.17, 15) is 9.59 Å². The second-order valence-corrected chi connectivity index (χ2v) is 6.56. The van der Waals surface area contributed by atoms with E-state index in [0.717, 1.165) is 0 Å². The van der Waals surface area contributed by atoms with E-state index in [2.05, 4.69) is 21.2 Å². The fourth-order valence-electron chi connectivity index (χ4n) is 2.26. The monoisotopic (exact) mass is 424 g/mol. The highest BCUT2D eigenvalue weighted by Crippen LogP contribution is 2.29. The van der Waals surface area contributed by atoms with Crippen molar-refractivity contribution in [1.29, 1.82) is 0 Å². The van der Waals surface area contributed by atoms with Gasteiger partial charge in [-0.3, -0.25) is 19.8 Å². The van der Waals surface area contributed by atoms with Gasteiger partial charge in [0.25, 0.3) is 11.8 Å². The van der Waals surface area contributed by atoms with Gasteiger partial charge in [0.05, 0.1) is 5.69 Å². The zero-order chi connectivity index (χ0) is 17.4. The number of hydrogen-bond donors (Lipinski definition) is 1. The molecule has 0 bridgehead atoms. The molecular weight excluding hydrogens is 416 g/mol. The number of thiocarbonyl (C=S) groups is 1. The summed E-state index contributed by atoms with van der Waals surface area (Å²) in [7, 11) is 0. The van der Waals surface area contributed by atoms with Gasteiger partial charge in [-0.25, -0.2) is 0 Å². The minimum atomic E-state index is -0.576. The van der Waals surface area contributed by atoms with Gasteiger partial charge >= 0.3 is 0 Å². The van der Waals surface area contributed by atoms with E-state index in [1.807, 2.05) is 0 Å². The molecule has 1 aromatic heterocycles. The molecule has 8 heteroatoms. The van der Waals surface area contributed by atoms with E-state index in [1.54, 1.807) is 37.3 Å². The molecule has 0 radical (unpaired) electrons. The molecule has 1 fully saturated rings. The Bertz CT molecular complexity index is 906. The molecule has 1 saturated heterocycles. The van der Waals surface area contributed by atoms with Crippen molar-refractivity contribution in [2.45, 2.75) is 6.92 Å². The number of furan rings is 1. The van der Waals surface area contributed by atoms with Crippen LogP contribution in [-0.2, 0) is 9.59 Å². The van der Waals surface area contributed by atoms with Gasteiger partial charge in [-0.2, -0.15) is 0 Å². The Labute approximate surface area is 156 Å². The van der Waals surface area contributed by atoms with Crippen LogP contribution in [-0.4, -0.2) is 16.9 Å². The van der Waals surface area contributed by atoms with Crippen LogP contribution >= 0.6 is 39.7 Å². The lowest BCUT2D eigenvalue weighted by atomic mass is 10.1. The summed E-state index contributed by atoms with van der Waals surface area (Å²) in [6, 6.07) is 8.45. The Morgan fingerprint density at radius 1 is 1.29 bits per heavy atom. The standard InChI is InChI=1S/C16H10BrClN2O3S/c1-8-11(18)3-2-4-12(8)20-15(22)10(14(21)19-16(20)24)7-9-5-6-13(17)23-9/h2-7H,1H3,(H,19,21,24)/b10-7+. The van der Waals surface area contributed by atoms with Crippen molar-refractivity contribution < 1.29 is 14.0 Å². The highest BCUT2D eigenvalue weighted by molar-refractivity contribution is 9.10. The lowest BCUT2D eigenvalue weighted by molar-refractivity contribution is -0.122. The molecule has 3 rings (SSSR count). The van der Waals surface area contributed by atoms with E-state index in [4.69, 9.17) is 28.2 Å². The number of halogens is 2. The number of rotatable bonds is 2. The second-order valence-electron chi connectivity index (χ2n) is 4.98. The topological polar surface area (TPSA) is 62.6 Å². The first-order valence-corrected chi connectivity index (χ1v) is 8.38.